The van der Waals surface area contributed by atoms with E-state index in [4.69, 9.17) is 0 Å². The molecule has 5 heteroatoms. The van der Waals surface area contributed by atoms with Crippen LogP contribution in [0.25, 0.3) is 16.0 Å². The van der Waals surface area contributed by atoms with E-state index in [0.29, 0.717) is 10.8 Å². The summed E-state index contributed by atoms with van der Waals surface area (Å²) in [6, 6.07) is 0. The van der Waals surface area contributed by atoms with Gasteiger partial charge in [0.1, 0.15) is 0 Å². The molecule has 3 saturated heterocycles. The maximum absolute atomic E-state index is 4.65. The second-order valence-corrected chi connectivity index (χ2v) is 17.3. The predicted octanol–water partition coefficient (Wildman–Crippen LogP) is 11.2. The van der Waals surface area contributed by atoms with E-state index >= 15 is 0 Å². The average molecular weight is 608 g/mol. The Bertz CT molecular complexity index is 527. The fourth-order valence-electron chi connectivity index (χ4n) is 6.48. The molecule has 1 aliphatic carbocycles. The Morgan fingerprint density at radius 1 is 0.342 bits per heavy atom. The number of hydrogen-bond donors (Lipinski definition) is 0. The van der Waals surface area contributed by atoms with Gasteiger partial charge in [0.05, 0.1) is 0 Å². The van der Waals surface area contributed by atoms with E-state index in [-0.39, 0.29) is 68.0 Å². The standard InChI is InChI=1S/C9H17.3C8H16N.2Cr/c1-8(2)5-6-9(3,4)7-8;3*1-7(2)5-6-8(3,4)9-7;;/h7H,5-6H2,1-4H3;3*5-6H2,1-4H3;;/q4*-1;+2;+3. The van der Waals surface area contributed by atoms with Crippen LogP contribution in [0, 0.1) is 17.3 Å². The fraction of sp³-hybridized carbons (Fsp3) is 0.970. The molecule has 38 heavy (non-hydrogen) atoms. The maximum atomic E-state index is 4.65. The summed E-state index contributed by atoms with van der Waals surface area (Å²) in [5, 5.41) is 14.0. The summed E-state index contributed by atoms with van der Waals surface area (Å²) in [5.41, 5.74) is 2.53. The Kier molecular flexibility index (Phi) is 15.1. The van der Waals surface area contributed by atoms with Gasteiger partial charge in [-0.15, -0.1) is 33.2 Å². The molecule has 0 atom stereocenters. The molecule has 0 spiro atoms. The second kappa shape index (κ2) is 13.9. The average Bonchev–Trinajstić information content (AvgIpc) is 3.22. The Morgan fingerprint density at radius 2 is 0.500 bits per heavy atom. The van der Waals surface area contributed by atoms with Gasteiger partial charge < -0.3 is 22.4 Å². The molecular formula is C33H65Cr2N3+. The zero-order valence-corrected chi connectivity index (χ0v) is 30.9. The molecule has 0 aromatic rings. The minimum Gasteiger partial charge on any atom is -0.652 e. The largest absolute Gasteiger partial charge is 3.00 e. The summed E-state index contributed by atoms with van der Waals surface area (Å²) in [6.45, 7) is 35.8. The molecule has 0 bridgehead atoms. The molecule has 3 nitrogen and oxygen atoms in total. The molecular weight excluding hydrogens is 542 g/mol. The summed E-state index contributed by atoms with van der Waals surface area (Å²) in [7, 11) is 0. The number of hydrogen-bond acceptors (Lipinski definition) is 0. The predicted molar refractivity (Wildman–Crippen MR) is 163 cm³/mol. The van der Waals surface area contributed by atoms with Gasteiger partial charge in [-0.1, -0.05) is 162 Å². The van der Waals surface area contributed by atoms with Crippen molar-refractivity contribution in [1.29, 1.82) is 0 Å². The molecule has 3 heterocycles. The third-order valence-electron chi connectivity index (χ3n) is 8.06. The molecule has 1 radical (unpaired) electrons. The quantitative estimate of drug-likeness (QED) is 0.246. The summed E-state index contributed by atoms with van der Waals surface area (Å²) < 4.78 is 0. The minimum absolute atomic E-state index is 0. The van der Waals surface area contributed by atoms with Crippen molar-refractivity contribution in [1.82, 2.24) is 0 Å². The van der Waals surface area contributed by atoms with Crippen molar-refractivity contribution < 1.29 is 34.7 Å². The second-order valence-electron chi connectivity index (χ2n) is 17.3. The van der Waals surface area contributed by atoms with Gasteiger partial charge in [0.15, 0.2) is 0 Å². The molecule has 4 rings (SSSR count). The first-order valence-electron chi connectivity index (χ1n) is 14.7. The Morgan fingerprint density at radius 3 is 0.553 bits per heavy atom. The van der Waals surface area contributed by atoms with E-state index in [1.807, 2.05) is 0 Å². The Balaban J connectivity index is 0. The molecule has 0 N–H and O–H groups in total. The van der Waals surface area contributed by atoms with E-state index in [0.717, 1.165) is 0 Å². The van der Waals surface area contributed by atoms with Gasteiger partial charge in [0.2, 0.25) is 0 Å². The van der Waals surface area contributed by atoms with Gasteiger partial charge in [0.25, 0.3) is 0 Å². The van der Waals surface area contributed by atoms with E-state index in [1.165, 1.54) is 51.4 Å². The molecule has 0 aromatic heterocycles. The van der Waals surface area contributed by atoms with Crippen LogP contribution in [0.3, 0.4) is 0 Å². The van der Waals surface area contributed by atoms with Crippen molar-refractivity contribution >= 4 is 0 Å². The van der Waals surface area contributed by atoms with Crippen LogP contribution in [0.4, 0.5) is 0 Å². The van der Waals surface area contributed by atoms with Crippen molar-refractivity contribution in [2.45, 2.75) is 195 Å². The van der Waals surface area contributed by atoms with E-state index < -0.39 is 0 Å². The molecule has 0 amide bonds. The van der Waals surface area contributed by atoms with Crippen molar-refractivity contribution in [3.05, 3.63) is 22.4 Å². The fourth-order valence-corrected chi connectivity index (χ4v) is 6.48. The molecule has 0 unspecified atom stereocenters. The maximum Gasteiger partial charge on any atom is 3.00 e. The van der Waals surface area contributed by atoms with Crippen LogP contribution in [-0.2, 0) is 34.7 Å². The van der Waals surface area contributed by atoms with E-state index in [1.54, 1.807) is 0 Å². The summed E-state index contributed by atoms with van der Waals surface area (Å²) >= 11 is 0. The van der Waals surface area contributed by atoms with Gasteiger partial charge >= 0.3 is 34.7 Å². The normalized spacial score (nSPS) is 29.1. The van der Waals surface area contributed by atoms with Gasteiger partial charge in [-0.25, -0.2) is 0 Å². The topological polar surface area (TPSA) is 42.3 Å². The van der Waals surface area contributed by atoms with Crippen LogP contribution in [0.1, 0.15) is 162 Å². The van der Waals surface area contributed by atoms with Gasteiger partial charge in [-0.3, -0.25) is 0 Å². The van der Waals surface area contributed by atoms with Gasteiger partial charge in [-0.2, -0.15) is 10.8 Å². The summed E-state index contributed by atoms with van der Waals surface area (Å²) in [4.78, 5) is 0. The van der Waals surface area contributed by atoms with Crippen LogP contribution in [0.2, 0.25) is 0 Å². The van der Waals surface area contributed by atoms with Crippen molar-refractivity contribution in [2.75, 3.05) is 0 Å². The zero-order chi connectivity index (χ0) is 28.5. The van der Waals surface area contributed by atoms with Crippen molar-refractivity contribution in [2.24, 2.45) is 10.8 Å². The van der Waals surface area contributed by atoms with Crippen LogP contribution in [0.5, 0.6) is 0 Å². The van der Waals surface area contributed by atoms with Crippen molar-refractivity contribution in [3.63, 3.8) is 0 Å². The molecule has 0 aromatic carbocycles. The Hall–Kier alpha value is 0.945. The van der Waals surface area contributed by atoms with E-state index in [2.05, 4.69) is 133 Å². The van der Waals surface area contributed by atoms with Crippen LogP contribution in [-0.4, -0.2) is 33.2 Å². The molecule has 4 aliphatic rings. The SMILES string of the molecule is CC1(C)CCC(C)(C)[N-]1.CC1(C)CCC(C)(C)[N-]1.CC1(C)CCC(C)(C)[N-]1.CC1(C)[CH-]C(C)(C)CC1.[Cr+2].[Cr+3]. The van der Waals surface area contributed by atoms with Gasteiger partial charge in [0, 0.05) is 0 Å². The first-order chi connectivity index (χ1) is 15.7. The first kappa shape index (κ1) is 41.1. The molecule has 3 aliphatic heterocycles. The molecule has 1 saturated carbocycles. The smallest absolute Gasteiger partial charge is 0.652 e. The third-order valence-corrected chi connectivity index (χ3v) is 8.06. The van der Waals surface area contributed by atoms with E-state index in [9.17, 15) is 0 Å². The summed E-state index contributed by atoms with van der Waals surface area (Å²) in [6.07, 6.45) is 12.7. The zero-order valence-electron chi connectivity index (χ0n) is 28.4. The first-order valence-corrected chi connectivity index (χ1v) is 14.7. The number of nitrogens with zero attached hydrogens (tertiary/aromatic N) is 3. The minimum atomic E-state index is 0. The van der Waals surface area contributed by atoms with Gasteiger partial charge in [-0.05, 0) is 0 Å². The molecule has 4 fully saturated rings. The third kappa shape index (κ3) is 17.0. The molecule has 223 valence electrons. The number of rotatable bonds is 0. The van der Waals surface area contributed by atoms with Crippen LogP contribution >= 0.6 is 0 Å². The summed E-state index contributed by atoms with van der Waals surface area (Å²) in [5.74, 6) is 0. The monoisotopic (exact) mass is 607 g/mol. The van der Waals surface area contributed by atoms with Crippen molar-refractivity contribution in [3.8, 4) is 0 Å². The Labute approximate surface area is 262 Å². The van der Waals surface area contributed by atoms with Crippen LogP contribution < -0.4 is 0 Å². The van der Waals surface area contributed by atoms with Crippen LogP contribution in [0.15, 0.2) is 0 Å².